The summed E-state index contributed by atoms with van der Waals surface area (Å²) in [5.41, 5.74) is 14.4. The number of hydrogen-bond acceptors (Lipinski definition) is 7. The van der Waals surface area contributed by atoms with E-state index < -0.39 is 0 Å². The zero-order chi connectivity index (χ0) is 32.6. The lowest BCUT2D eigenvalue weighted by molar-refractivity contribution is 0.264. The van der Waals surface area contributed by atoms with Gasteiger partial charge in [-0.1, -0.05) is 50.1 Å². The number of aromatic amines is 1. The number of amidine groups is 1. The molecule has 0 spiro atoms. The highest BCUT2D eigenvalue weighted by atomic mass is 15.7. The molecule has 4 aromatic rings. The SMILES string of the molecule is C#C.C=C.C=CNCCN(CCC(=C)c1c[nH]c2c(C(=NC)NN(N)CC(=C)N)ccc(C)c12)c1nccc2ccccc12. The number of anilines is 1. The lowest BCUT2D eigenvalue weighted by Gasteiger charge is -2.25. The largest absolute Gasteiger partial charge is 0.401 e. The Morgan fingerprint density at radius 1 is 1.09 bits per heavy atom. The molecule has 44 heavy (non-hydrogen) atoms. The van der Waals surface area contributed by atoms with E-state index in [1.54, 1.807) is 13.2 Å². The number of rotatable bonds is 13. The van der Waals surface area contributed by atoms with Crippen molar-refractivity contribution >= 4 is 38.9 Å². The lowest BCUT2D eigenvalue weighted by Crippen LogP contribution is -2.49. The third-order valence-corrected chi connectivity index (χ3v) is 6.83. The normalized spacial score (nSPS) is 10.7. The van der Waals surface area contributed by atoms with Gasteiger partial charge in [-0.3, -0.25) is 16.3 Å². The molecule has 2 aromatic carbocycles. The first-order valence-corrected chi connectivity index (χ1v) is 14.1. The van der Waals surface area contributed by atoms with Crippen molar-refractivity contribution in [3.8, 4) is 12.8 Å². The number of hydrogen-bond donors (Lipinski definition) is 5. The Hall–Kier alpha value is -5.30. The van der Waals surface area contributed by atoms with E-state index in [0.717, 1.165) is 70.4 Å². The van der Waals surface area contributed by atoms with Crippen molar-refractivity contribution < 1.29 is 0 Å². The zero-order valence-corrected chi connectivity index (χ0v) is 25.9. The van der Waals surface area contributed by atoms with E-state index in [0.29, 0.717) is 11.5 Å². The second-order valence-corrected chi connectivity index (χ2v) is 9.71. The van der Waals surface area contributed by atoms with Crippen LogP contribution >= 0.6 is 0 Å². The molecule has 0 bridgehead atoms. The molecular formula is C35H45N9. The van der Waals surface area contributed by atoms with Gasteiger partial charge in [0, 0.05) is 66.7 Å². The van der Waals surface area contributed by atoms with Crippen molar-refractivity contribution in [2.45, 2.75) is 13.3 Å². The number of H-pyrrole nitrogens is 1. The summed E-state index contributed by atoms with van der Waals surface area (Å²) in [5.74, 6) is 7.66. The number of aryl methyl sites for hydroxylation is 1. The number of aromatic nitrogens is 2. The number of pyridine rings is 1. The molecule has 2 heterocycles. The molecule has 0 unspecified atom stereocenters. The molecule has 0 aliphatic heterocycles. The molecule has 0 fully saturated rings. The first kappa shape index (κ1) is 34.9. The molecular weight excluding hydrogens is 546 g/mol. The van der Waals surface area contributed by atoms with Gasteiger partial charge in [0.25, 0.3) is 0 Å². The molecule has 230 valence electrons. The van der Waals surface area contributed by atoms with Crippen molar-refractivity contribution in [2.24, 2.45) is 16.6 Å². The minimum Gasteiger partial charge on any atom is -0.401 e. The number of nitrogens with zero attached hydrogens (tertiary/aromatic N) is 4. The monoisotopic (exact) mass is 591 g/mol. The maximum Gasteiger partial charge on any atom is 0.145 e. The zero-order valence-electron chi connectivity index (χ0n) is 25.9. The van der Waals surface area contributed by atoms with Crippen LogP contribution in [0.25, 0.3) is 27.2 Å². The quantitative estimate of drug-likeness (QED) is 0.0274. The van der Waals surface area contributed by atoms with Crippen LogP contribution in [-0.4, -0.2) is 54.1 Å². The van der Waals surface area contributed by atoms with Crippen molar-refractivity contribution in [1.82, 2.24) is 25.8 Å². The maximum atomic E-state index is 6.07. The molecule has 0 saturated heterocycles. The topological polar surface area (TPSA) is 124 Å². The van der Waals surface area contributed by atoms with E-state index in [2.05, 4.69) is 109 Å². The number of nitrogens with two attached hydrogens (primary N) is 2. The van der Waals surface area contributed by atoms with Crippen LogP contribution in [0.15, 0.2) is 105 Å². The van der Waals surface area contributed by atoms with Gasteiger partial charge in [-0.25, -0.2) is 4.98 Å². The summed E-state index contributed by atoms with van der Waals surface area (Å²) >= 11 is 0. The fourth-order valence-corrected chi connectivity index (χ4v) is 4.91. The molecule has 4 rings (SSSR count). The van der Waals surface area contributed by atoms with Crippen molar-refractivity contribution in [3.63, 3.8) is 0 Å². The van der Waals surface area contributed by atoms with Crippen molar-refractivity contribution in [1.29, 1.82) is 0 Å². The van der Waals surface area contributed by atoms with Crippen LogP contribution in [0.3, 0.4) is 0 Å². The van der Waals surface area contributed by atoms with Gasteiger partial charge in [-0.2, -0.15) is 5.12 Å². The Kier molecular flexibility index (Phi) is 14.0. The summed E-state index contributed by atoms with van der Waals surface area (Å²) in [6, 6.07) is 14.5. The van der Waals surface area contributed by atoms with E-state index >= 15 is 0 Å². The Morgan fingerprint density at radius 3 is 2.50 bits per heavy atom. The third-order valence-electron chi connectivity index (χ3n) is 6.83. The van der Waals surface area contributed by atoms with Gasteiger partial charge in [-0.05, 0) is 48.2 Å². The van der Waals surface area contributed by atoms with Crippen LogP contribution in [-0.2, 0) is 0 Å². The van der Waals surface area contributed by atoms with Crippen LogP contribution in [0, 0.1) is 19.8 Å². The lowest BCUT2D eigenvalue weighted by atomic mass is 9.98. The van der Waals surface area contributed by atoms with Gasteiger partial charge in [0.15, 0.2) is 0 Å². The highest BCUT2D eigenvalue weighted by molar-refractivity contribution is 6.11. The van der Waals surface area contributed by atoms with Gasteiger partial charge < -0.3 is 20.9 Å². The predicted octanol–water partition coefficient (Wildman–Crippen LogP) is 5.25. The number of benzene rings is 2. The van der Waals surface area contributed by atoms with Crippen LogP contribution < -0.4 is 27.2 Å². The first-order chi connectivity index (χ1) is 21.3. The average Bonchev–Trinajstić information content (AvgIpc) is 3.50. The summed E-state index contributed by atoms with van der Waals surface area (Å²) in [4.78, 5) is 15.0. The third kappa shape index (κ3) is 8.61. The average molecular weight is 592 g/mol. The van der Waals surface area contributed by atoms with Gasteiger partial charge in [-0.15, -0.1) is 26.0 Å². The van der Waals surface area contributed by atoms with Crippen molar-refractivity contribution in [3.05, 3.63) is 116 Å². The van der Waals surface area contributed by atoms with E-state index in [1.807, 2.05) is 24.5 Å². The molecule has 0 aliphatic rings. The van der Waals surface area contributed by atoms with E-state index in [-0.39, 0.29) is 6.54 Å². The molecule has 0 atom stereocenters. The Morgan fingerprint density at radius 2 is 1.82 bits per heavy atom. The molecule has 7 N–H and O–H groups in total. The second-order valence-electron chi connectivity index (χ2n) is 9.71. The summed E-state index contributed by atoms with van der Waals surface area (Å²) in [6.45, 7) is 22.7. The maximum absolute atomic E-state index is 6.07. The Bertz CT molecular complexity index is 1610. The molecule has 0 saturated carbocycles. The summed E-state index contributed by atoms with van der Waals surface area (Å²) in [5, 5.41) is 8.00. The molecule has 9 heteroatoms. The van der Waals surface area contributed by atoms with Crippen LogP contribution in [0.4, 0.5) is 5.82 Å². The molecule has 0 aliphatic carbocycles. The Balaban J connectivity index is 0.00000162. The van der Waals surface area contributed by atoms with E-state index in [1.165, 1.54) is 10.5 Å². The van der Waals surface area contributed by atoms with E-state index in [4.69, 9.17) is 16.6 Å². The second kappa shape index (κ2) is 17.6. The highest BCUT2D eigenvalue weighted by Gasteiger charge is 2.18. The number of hydrazine groups is 2. The fraction of sp³-hybridized carbons (Fsp3) is 0.200. The smallest absolute Gasteiger partial charge is 0.145 e. The number of nitrogens with one attached hydrogen (secondary N) is 3. The van der Waals surface area contributed by atoms with Gasteiger partial charge in [0.1, 0.15) is 11.7 Å². The number of terminal acetylenes is 1. The number of fused-ring (bicyclic) bond motifs is 2. The van der Waals surface area contributed by atoms with Gasteiger partial charge >= 0.3 is 0 Å². The molecule has 0 radical (unpaired) electrons. The Labute approximate surface area is 261 Å². The molecule has 2 aromatic heterocycles. The highest BCUT2D eigenvalue weighted by Crippen LogP contribution is 2.32. The fourth-order valence-electron chi connectivity index (χ4n) is 4.91. The minimum absolute atomic E-state index is 0.283. The summed E-state index contributed by atoms with van der Waals surface area (Å²) in [7, 11) is 1.72. The summed E-state index contributed by atoms with van der Waals surface area (Å²) < 4.78 is 0. The van der Waals surface area contributed by atoms with Gasteiger partial charge in [0.05, 0.1) is 12.1 Å². The molecule has 0 amide bonds. The van der Waals surface area contributed by atoms with Crippen molar-refractivity contribution in [2.75, 3.05) is 38.1 Å². The minimum atomic E-state index is 0.283. The first-order valence-electron chi connectivity index (χ1n) is 14.1. The van der Waals surface area contributed by atoms with Gasteiger partial charge in [0.2, 0.25) is 0 Å². The van der Waals surface area contributed by atoms with Crippen LogP contribution in [0.1, 0.15) is 23.1 Å². The number of aliphatic imine (C=N–C) groups is 1. The standard InChI is InChI=1S/C31H39N9.C2H4.C2H2/c1-6-35-16-18-39(31-25-10-8-7-9-24(25)13-15-36-31)17-14-21(2)27-19-37-29-26(12-11-22(3)28(27)29)30(34-5)38-40(33)20-23(4)32;2*1-2/h6-13,15,19,35,37H,1-2,4,14,16-18,20,32-33H2,3,5H3,(H,34,38);1-2H2;1-2H. The molecule has 9 nitrogen and oxygen atoms in total. The van der Waals surface area contributed by atoms with E-state index in [9.17, 15) is 0 Å². The van der Waals surface area contributed by atoms with Crippen LogP contribution in [0.5, 0.6) is 0 Å². The van der Waals surface area contributed by atoms with Crippen LogP contribution in [0.2, 0.25) is 0 Å². The predicted molar refractivity (Wildman–Crippen MR) is 190 cm³/mol. The summed E-state index contributed by atoms with van der Waals surface area (Å²) in [6.07, 6.45) is 14.4.